The number of nitrogens with one attached hydrogen (secondary N) is 1. The van der Waals surface area contributed by atoms with Crippen LogP contribution in [0.5, 0.6) is 0 Å². The van der Waals surface area contributed by atoms with Gasteiger partial charge >= 0.3 is 26.2 Å². The zero-order valence-electron chi connectivity index (χ0n) is 20.5. The number of aromatic nitrogens is 1. The van der Waals surface area contributed by atoms with Gasteiger partial charge in [-0.1, -0.05) is 92.3 Å². The minimum absolute atomic E-state index is 0. The van der Waals surface area contributed by atoms with Crippen LogP contribution in [0.25, 0.3) is 10.9 Å². The molecule has 1 heterocycles. The molecule has 0 saturated carbocycles. The maximum atomic E-state index is 3.44. The third-order valence-corrected chi connectivity index (χ3v) is 5.76. The third kappa shape index (κ3) is 6.85. The van der Waals surface area contributed by atoms with E-state index in [4.69, 9.17) is 0 Å². The van der Waals surface area contributed by atoms with Crippen molar-refractivity contribution in [1.29, 1.82) is 0 Å². The normalized spacial score (nSPS) is 15.4. The summed E-state index contributed by atoms with van der Waals surface area (Å²) >= 11 is 0. The molecule has 0 aliphatic heterocycles. The quantitative estimate of drug-likeness (QED) is 0.504. The molecule has 0 unspecified atom stereocenters. The summed E-state index contributed by atoms with van der Waals surface area (Å²) in [6.45, 7) is 24.4. The minimum atomic E-state index is 0. The predicted octanol–water partition coefficient (Wildman–Crippen LogP) is 1.68. The second-order valence-corrected chi connectivity index (χ2v) is 10.5. The topological polar surface area (TPSA) is 15.8 Å². The molecule has 4 heteroatoms. The Kier molecular flexibility index (Phi) is 11.7. The van der Waals surface area contributed by atoms with E-state index in [2.05, 4.69) is 112 Å². The summed E-state index contributed by atoms with van der Waals surface area (Å²) in [5.41, 5.74) is 8.57. The van der Waals surface area contributed by atoms with Gasteiger partial charge in [-0.3, -0.25) is 6.08 Å². The monoisotopic (exact) mass is 523 g/mol. The molecule has 0 saturated heterocycles. The summed E-state index contributed by atoms with van der Waals surface area (Å²) in [6, 6.07) is 6.50. The van der Waals surface area contributed by atoms with E-state index in [1.165, 1.54) is 38.7 Å². The van der Waals surface area contributed by atoms with E-state index in [1.807, 2.05) is 0 Å². The Labute approximate surface area is 216 Å². The Morgan fingerprint density at radius 1 is 0.867 bits per heavy atom. The van der Waals surface area contributed by atoms with Crippen molar-refractivity contribution in [2.24, 2.45) is 5.41 Å². The van der Waals surface area contributed by atoms with Crippen molar-refractivity contribution in [3.63, 3.8) is 0 Å². The Morgan fingerprint density at radius 2 is 1.40 bits per heavy atom. The number of hydrogen-bond acceptors (Lipinski definition) is 0. The fraction of sp³-hybridized carbons (Fsp3) is 0.538. The summed E-state index contributed by atoms with van der Waals surface area (Å²) < 4.78 is 0. The first-order valence-electron chi connectivity index (χ1n) is 9.99. The van der Waals surface area contributed by atoms with Gasteiger partial charge in [-0.2, -0.15) is 11.1 Å². The number of rotatable bonds is 0. The van der Waals surface area contributed by atoms with E-state index in [9.17, 15) is 0 Å². The second-order valence-electron chi connectivity index (χ2n) is 10.5. The van der Waals surface area contributed by atoms with Crippen LogP contribution in [0, 0.1) is 17.7 Å². The zero-order valence-corrected chi connectivity index (χ0v) is 24.5. The van der Waals surface area contributed by atoms with Gasteiger partial charge in [0.25, 0.3) is 0 Å². The number of hydrogen-bond donors (Lipinski definition) is 1. The maximum absolute atomic E-state index is 3.44. The SMILES string of the molecule is CC(C)(C)c1[c-][nH]c2cccc(C(C)(C)C)c12.CC1=[C-]C(C)(C)C(C)=C1C.[Cl-].[Cl-].[Zr+4]. The molecule has 0 fully saturated rings. The molecule has 1 aliphatic carbocycles. The number of H-pyrrole nitrogens is 1. The van der Waals surface area contributed by atoms with Crippen LogP contribution in [-0.4, -0.2) is 4.98 Å². The number of halogens is 2. The van der Waals surface area contributed by atoms with Crippen LogP contribution >= 0.6 is 0 Å². The molecular weight excluding hydrogens is 488 g/mol. The van der Waals surface area contributed by atoms with Crippen LogP contribution in [-0.2, 0) is 37.0 Å². The van der Waals surface area contributed by atoms with Crippen molar-refractivity contribution in [3.05, 3.63) is 58.3 Å². The van der Waals surface area contributed by atoms with Gasteiger partial charge in [0.2, 0.25) is 0 Å². The van der Waals surface area contributed by atoms with Gasteiger partial charge < -0.3 is 29.8 Å². The Morgan fingerprint density at radius 3 is 1.73 bits per heavy atom. The number of benzene rings is 1. The first-order valence-corrected chi connectivity index (χ1v) is 9.99. The van der Waals surface area contributed by atoms with Crippen LogP contribution in [0.4, 0.5) is 0 Å². The standard InChI is InChI=1S/C16H22N.C10H15.2ClH.Zr/c1-15(2,3)11-8-7-9-13-14(11)12(10-17-13)16(4,5)6;1-7-6-10(4,5)9(3)8(7)2;;;/h7-9,17H,1-6H3;1-5H3;2*1H;/q2*-1;;;+4/p-2. The summed E-state index contributed by atoms with van der Waals surface area (Å²) in [4.78, 5) is 3.28. The summed E-state index contributed by atoms with van der Waals surface area (Å²) in [5.74, 6) is 0. The zero-order chi connectivity index (χ0) is 20.8. The Hall–Kier alpha value is -0.297. The summed E-state index contributed by atoms with van der Waals surface area (Å²) in [6.07, 6.45) is 6.78. The average molecular weight is 526 g/mol. The van der Waals surface area contributed by atoms with E-state index in [0.29, 0.717) is 0 Å². The molecule has 1 nitrogen and oxygen atoms in total. The first kappa shape index (κ1) is 31.9. The second kappa shape index (κ2) is 11.0. The predicted molar refractivity (Wildman–Crippen MR) is 119 cm³/mol. The van der Waals surface area contributed by atoms with Crippen LogP contribution in [0.1, 0.15) is 87.3 Å². The van der Waals surface area contributed by atoms with Gasteiger partial charge in [-0.25, -0.2) is 5.57 Å². The van der Waals surface area contributed by atoms with Gasteiger partial charge in [0.05, 0.1) is 0 Å². The smallest absolute Gasteiger partial charge is 1.00 e. The van der Waals surface area contributed by atoms with E-state index in [0.717, 1.165) is 0 Å². The van der Waals surface area contributed by atoms with Crippen LogP contribution < -0.4 is 24.8 Å². The molecule has 164 valence electrons. The molecule has 0 bridgehead atoms. The Bertz CT molecular complexity index is 903. The molecule has 3 rings (SSSR count). The molecule has 0 atom stereocenters. The van der Waals surface area contributed by atoms with E-state index < -0.39 is 0 Å². The summed E-state index contributed by atoms with van der Waals surface area (Å²) in [5, 5.41) is 1.35. The van der Waals surface area contributed by atoms with Crippen molar-refractivity contribution < 1.29 is 51.0 Å². The molecule has 0 radical (unpaired) electrons. The number of aromatic amines is 1. The molecule has 1 N–H and O–H groups in total. The van der Waals surface area contributed by atoms with Crippen molar-refractivity contribution in [1.82, 2.24) is 4.98 Å². The molecule has 0 amide bonds. The van der Waals surface area contributed by atoms with Crippen molar-refractivity contribution in [3.8, 4) is 0 Å². The van der Waals surface area contributed by atoms with Crippen LogP contribution in [0.3, 0.4) is 0 Å². The molecule has 1 aromatic carbocycles. The van der Waals surface area contributed by atoms with Crippen LogP contribution in [0.15, 0.2) is 34.9 Å². The van der Waals surface area contributed by atoms with E-state index in [1.54, 1.807) is 0 Å². The molecular formula is C26H37Cl2NZr. The van der Waals surface area contributed by atoms with Crippen LogP contribution in [0.2, 0.25) is 0 Å². The molecule has 1 aliphatic rings. The maximum Gasteiger partial charge on any atom is 4.00 e. The van der Waals surface area contributed by atoms with E-state index in [-0.39, 0.29) is 67.3 Å². The first-order chi connectivity index (χ1) is 12.2. The van der Waals surface area contributed by atoms with Gasteiger partial charge in [-0.15, -0.1) is 35.7 Å². The molecule has 30 heavy (non-hydrogen) atoms. The van der Waals surface area contributed by atoms with Gasteiger partial charge in [0.15, 0.2) is 0 Å². The molecule has 2 aromatic rings. The largest absolute Gasteiger partial charge is 4.00 e. The number of allylic oxidation sites excluding steroid dienone is 4. The van der Waals surface area contributed by atoms with Gasteiger partial charge in [-0.05, 0) is 10.8 Å². The average Bonchev–Trinajstić information content (AvgIpc) is 3.02. The number of fused-ring (bicyclic) bond motifs is 1. The summed E-state index contributed by atoms with van der Waals surface area (Å²) in [7, 11) is 0. The van der Waals surface area contributed by atoms with Gasteiger partial charge in [0.1, 0.15) is 0 Å². The van der Waals surface area contributed by atoms with Crippen molar-refractivity contribution in [2.45, 2.75) is 87.0 Å². The van der Waals surface area contributed by atoms with Gasteiger partial charge in [0, 0.05) is 0 Å². The fourth-order valence-electron chi connectivity index (χ4n) is 3.71. The molecule has 1 aromatic heterocycles. The van der Waals surface area contributed by atoms with E-state index >= 15 is 0 Å². The minimum Gasteiger partial charge on any atom is -1.00 e. The molecule has 0 spiro atoms. The Balaban J connectivity index is 0. The third-order valence-electron chi connectivity index (χ3n) is 5.76. The van der Waals surface area contributed by atoms with Crippen molar-refractivity contribution in [2.75, 3.05) is 0 Å². The fourth-order valence-corrected chi connectivity index (χ4v) is 3.71. The van der Waals surface area contributed by atoms with Crippen molar-refractivity contribution >= 4 is 10.9 Å².